The van der Waals surface area contributed by atoms with Gasteiger partial charge >= 0.3 is 5.97 Å². The molecule has 0 unspecified atom stereocenters. The van der Waals surface area contributed by atoms with Gasteiger partial charge in [-0.25, -0.2) is 14.3 Å². The van der Waals surface area contributed by atoms with Gasteiger partial charge in [0.15, 0.2) is 5.65 Å². The maximum absolute atomic E-state index is 12.6. The molecule has 8 heteroatoms. The summed E-state index contributed by atoms with van der Waals surface area (Å²) in [6, 6.07) is 6.00. The van der Waals surface area contributed by atoms with E-state index in [0.717, 1.165) is 0 Å². The van der Waals surface area contributed by atoms with Crippen LogP contribution in [-0.2, 0) is 0 Å². The molecule has 2 N–H and O–H groups in total. The lowest BCUT2D eigenvalue weighted by molar-refractivity contribution is 0.0696. The number of rotatable bonds is 5. The summed E-state index contributed by atoms with van der Waals surface area (Å²) >= 11 is 0. The van der Waals surface area contributed by atoms with E-state index in [4.69, 9.17) is 9.84 Å². The van der Waals surface area contributed by atoms with Crippen molar-refractivity contribution in [3.8, 4) is 5.75 Å². The molecule has 25 heavy (non-hydrogen) atoms. The number of aromatic carboxylic acids is 1. The van der Waals surface area contributed by atoms with Gasteiger partial charge < -0.3 is 15.2 Å². The lowest BCUT2D eigenvalue weighted by Gasteiger charge is -2.15. The van der Waals surface area contributed by atoms with Crippen LogP contribution in [0.1, 0.15) is 34.6 Å². The van der Waals surface area contributed by atoms with Crippen molar-refractivity contribution >= 4 is 23.2 Å². The molecule has 0 atom stereocenters. The van der Waals surface area contributed by atoms with E-state index in [1.807, 2.05) is 13.8 Å². The second-order valence-electron chi connectivity index (χ2n) is 5.58. The topological polar surface area (TPSA) is 106 Å². The number of hydrogen-bond acceptors (Lipinski definition) is 5. The first-order valence-electron chi connectivity index (χ1n) is 7.59. The number of nitrogens with zero attached hydrogens (tertiary/aromatic N) is 3. The van der Waals surface area contributed by atoms with Crippen LogP contribution >= 0.6 is 0 Å². The van der Waals surface area contributed by atoms with Gasteiger partial charge in [-0.1, -0.05) is 0 Å². The summed E-state index contributed by atoms with van der Waals surface area (Å²) in [5, 5.41) is 15.9. The first kappa shape index (κ1) is 16.4. The highest BCUT2D eigenvalue weighted by Crippen LogP contribution is 2.28. The Balaban J connectivity index is 1.96. The molecular weight excluding hydrogens is 324 g/mol. The molecule has 2 aromatic heterocycles. The van der Waals surface area contributed by atoms with Crippen LogP contribution in [0.3, 0.4) is 0 Å². The van der Waals surface area contributed by atoms with Crippen LogP contribution in [-0.4, -0.2) is 37.7 Å². The zero-order valence-corrected chi connectivity index (χ0v) is 13.6. The molecule has 0 saturated carbocycles. The van der Waals surface area contributed by atoms with Gasteiger partial charge in [-0.2, -0.15) is 5.10 Å². The summed E-state index contributed by atoms with van der Waals surface area (Å²) in [6.45, 7) is 3.68. The number of carboxylic acids is 1. The number of hydrogen-bond donors (Lipinski definition) is 2. The number of carbonyl (C=O) groups excluding carboxylic acids is 1. The summed E-state index contributed by atoms with van der Waals surface area (Å²) in [6.07, 6.45) is 4.51. The minimum absolute atomic E-state index is 0.0457. The lowest BCUT2D eigenvalue weighted by atomic mass is 10.1. The average Bonchev–Trinajstić information content (AvgIpc) is 3.00. The second-order valence-corrected chi connectivity index (χ2v) is 5.58. The molecule has 2 heterocycles. The van der Waals surface area contributed by atoms with Crippen LogP contribution in [0.15, 0.2) is 42.9 Å². The van der Waals surface area contributed by atoms with E-state index in [9.17, 15) is 9.59 Å². The fourth-order valence-electron chi connectivity index (χ4n) is 2.29. The van der Waals surface area contributed by atoms with Gasteiger partial charge in [0.25, 0.3) is 5.91 Å². The Morgan fingerprint density at radius 3 is 2.84 bits per heavy atom. The number of anilines is 1. The molecule has 0 radical (unpaired) electrons. The zero-order chi connectivity index (χ0) is 18.0. The third-order valence-electron chi connectivity index (χ3n) is 3.36. The van der Waals surface area contributed by atoms with Gasteiger partial charge in [0.2, 0.25) is 0 Å². The number of nitrogens with one attached hydrogen (secondary N) is 1. The maximum atomic E-state index is 12.6. The fraction of sp³-hybridized carbons (Fsp3) is 0.176. The quantitative estimate of drug-likeness (QED) is 0.739. The van der Waals surface area contributed by atoms with Crippen molar-refractivity contribution in [2.75, 3.05) is 5.32 Å². The Kier molecular flexibility index (Phi) is 4.34. The molecule has 1 aromatic carbocycles. The first-order chi connectivity index (χ1) is 12.0. The highest BCUT2D eigenvalue weighted by Gasteiger charge is 2.17. The largest absolute Gasteiger partial charge is 0.489 e. The third kappa shape index (κ3) is 3.42. The molecule has 0 aliphatic carbocycles. The fourth-order valence-corrected chi connectivity index (χ4v) is 2.29. The first-order valence-corrected chi connectivity index (χ1v) is 7.59. The molecule has 3 rings (SSSR count). The Bertz CT molecular complexity index is 949. The normalized spacial score (nSPS) is 10.8. The number of carbonyl (C=O) groups is 2. The van der Waals surface area contributed by atoms with Gasteiger partial charge in [0, 0.05) is 12.4 Å². The molecule has 8 nitrogen and oxygen atoms in total. The lowest BCUT2D eigenvalue weighted by Crippen LogP contribution is -2.15. The average molecular weight is 340 g/mol. The second kappa shape index (κ2) is 6.60. The van der Waals surface area contributed by atoms with Crippen molar-refractivity contribution in [2.45, 2.75) is 20.0 Å². The molecule has 0 saturated heterocycles. The molecular formula is C17H16N4O4. The number of benzene rings is 1. The Morgan fingerprint density at radius 2 is 2.12 bits per heavy atom. The number of ether oxygens (including phenoxy) is 1. The molecule has 128 valence electrons. The van der Waals surface area contributed by atoms with Crippen molar-refractivity contribution in [2.24, 2.45) is 0 Å². The van der Waals surface area contributed by atoms with Crippen LogP contribution in [0, 0.1) is 0 Å². The van der Waals surface area contributed by atoms with E-state index in [0.29, 0.717) is 11.4 Å². The molecule has 1 amide bonds. The van der Waals surface area contributed by atoms with Crippen LogP contribution in [0.2, 0.25) is 0 Å². The van der Waals surface area contributed by atoms with Crippen LogP contribution < -0.4 is 10.1 Å². The van der Waals surface area contributed by atoms with Crippen LogP contribution in [0.5, 0.6) is 5.75 Å². The molecule has 0 aliphatic heterocycles. The van der Waals surface area contributed by atoms with Gasteiger partial charge in [-0.05, 0) is 38.1 Å². The van der Waals surface area contributed by atoms with E-state index in [2.05, 4.69) is 15.4 Å². The van der Waals surface area contributed by atoms with Crippen LogP contribution in [0.4, 0.5) is 5.69 Å². The standard InChI is InChI=1S/C17H16N4O4/c1-10(2)25-14-5-4-11(17(23)24)8-13(14)20-16(22)12-9-19-21-7-3-6-18-15(12)21/h3-10H,1-2H3,(H,20,22)(H,23,24). The van der Waals surface area contributed by atoms with Gasteiger partial charge in [-0.15, -0.1) is 0 Å². The van der Waals surface area contributed by atoms with Crippen molar-refractivity contribution in [1.29, 1.82) is 0 Å². The van der Waals surface area contributed by atoms with Crippen molar-refractivity contribution in [3.05, 3.63) is 54.0 Å². The number of carboxylic acid groups (broad SMARTS) is 1. The predicted octanol–water partition coefficient (Wildman–Crippen LogP) is 2.47. The smallest absolute Gasteiger partial charge is 0.335 e. The molecule has 0 spiro atoms. The third-order valence-corrected chi connectivity index (χ3v) is 3.36. The van der Waals surface area contributed by atoms with E-state index in [1.165, 1.54) is 28.9 Å². The summed E-state index contributed by atoms with van der Waals surface area (Å²) < 4.78 is 7.12. The van der Waals surface area contributed by atoms with Gasteiger partial charge in [0.1, 0.15) is 11.3 Å². The predicted molar refractivity (Wildman–Crippen MR) is 90.1 cm³/mol. The highest BCUT2D eigenvalue weighted by molar-refractivity contribution is 6.09. The van der Waals surface area contributed by atoms with Crippen molar-refractivity contribution < 1.29 is 19.4 Å². The summed E-state index contributed by atoms with van der Waals surface area (Å²) in [7, 11) is 0. The maximum Gasteiger partial charge on any atom is 0.335 e. The summed E-state index contributed by atoms with van der Waals surface area (Å²) in [5.41, 5.74) is 0.996. The van der Waals surface area contributed by atoms with Crippen molar-refractivity contribution in [3.63, 3.8) is 0 Å². The Morgan fingerprint density at radius 1 is 1.32 bits per heavy atom. The number of aromatic nitrogens is 3. The van der Waals surface area contributed by atoms with Gasteiger partial charge in [0.05, 0.1) is 23.6 Å². The number of fused-ring (bicyclic) bond motifs is 1. The summed E-state index contributed by atoms with van der Waals surface area (Å²) in [4.78, 5) is 27.9. The minimum Gasteiger partial charge on any atom is -0.489 e. The molecule has 0 bridgehead atoms. The molecule has 3 aromatic rings. The number of amides is 1. The molecule has 0 aliphatic rings. The van der Waals surface area contributed by atoms with E-state index < -0.39 is 11.9 Å². The van der Waals surface area contributed by atoms with Gasteiger partial charge in [-0.3, -0.25) is 4.79 Å². The SMILES string of the molecule is CC(C)Oc1ccc(C(=O)O)cc1NC(=O)c1cnn2cccnc12. The van der Waals surface area contributed by atoms with E-state index in [1.54, 1.807) is 18.5 Å². The Hall–Kier alpha value is -3.42. The summed E-state index contributed by atoms with van der Waals surface area (Å²) in [5.74, 6) is -1.16. The zero-order valence-electron chi connectivity index (χ0n) is 13.6. The van der Waals surface area contributed by atoms with Crippen LogP contribution in [0.25, 0.3) is 5.65 Å². The Labute approximate surface area is 143 Å². The van der Waals surface area contributed by atoms with E-state index in [-0.39, 0.29) is 22.9 Å². The van der Waals surface area contributed by atoms with E-state index >= 15 is 0 Å². The monoisotopic (exact) mass is 340 g/mol. The highest BCUT2D eigenvalue weighted by atomic mass is 16.5. The minimum atomic E-state index is -1.09. The van der Waals surface area contributed by atoms with Crippen molar-refractivity contribution in [1.82, 2.24) is 14.6 Å². The molecule has 0 fully saturated rings.